The summed E-state index contributed by atoms with van der Waals surface area (Å²) >= 11 is 5.93. The number of carbonyl (C=O) groups excluding carboxylic acids is 1. The van der Waals surface area contributed by atoms with Gasteiger partial charge in [-0.05, 0) is 49.3 Å². The van der Waals surface area contributed by atoms with Crippen molar-refractivity contribution in [2.24, 2.45) is 17.8 Å². The van der Waals surface area contributed by atoms with Crippen LogP contribution in [0.2, 0.25) is 5.02 Å². The van der Waals surface area contributed by atoms with Gasteiger partial charge in [-0.25, -0.2) is 0 Å². The predicted octanol–water partition coefficient (Wildman–Crippen LogP) is 4.27. The Balaban J connectivity index is 1.65. The molecule has 3 heteroatoms. The van der Waals surface area contributed by atoms with Crippen molar-refractivity contribution in [1.82, 2.24) is 0 Å². The lowest BCUT2D eigenvalue weighted by Crippen LogP contribution is -2.15. The molecule has 0 bridgehead atoms. The van der Waals surface area contributed by atoms with Crippen LogP contribution >= 0.6 is 11.6 Å². The third kappa shape index (κ3) is 2.84. The summed E-state index contributed by atoms with van der Waals surface area (Å²) in [6.45, 7) is 0. The van der Waals surface area contributed by atoms with Crippen molar-refractivity contribution >= 4 is 23.2 Å². The molecule has 1 saturated carbocycles. The SMILES string of the molecule is O=C(Nc1cccc(Cl)c1)[C@H]1[C@H]2/C=C\CCCC[C@H]21. The molecule has 2 aliphatic rings. The first-order chi connectivity index (χ1) is 9.25. The monoisotopic (exact) mass is 275 g/mol. The van der Waals surface area contributed by atoms with Crippen LogP contribution in [-0.2, 0) is 4.79 Å². The second-order valence-corrected chi connectivity index (χ2v) is 5.92. The molecule has 3 rings (SSSR count). The lowest BCUT2D eigenvalue weighted by molar-refractivity contribution is -0.117. The molecule has 0 aliphatic heterocycles. The highest BCUT2D eigenvalue weighted by Gasteiger charge is 2.52. The van der Waals surface area contributed by atoms with Gasteiger partial charge in [0.2, 0.25) is 5.91 Å². The molecule has 0 unspecified atom stereocenters. The zero-order valence-corrected chi connectivity index (χ0v) is 11.6. The van der Waals surface area contributed by atoms with Gasteiger partial charge >= 0.3 is 0 Å². The van der Waals surface area contributed by atoms with Crippen LogP contribution in [0.5, 0.6) is 0 Å². The van der Waals surface area contributed by atoms with E-state index in [9.17, 15) is 4.79 Å². The molecular weight excluding hydrogens is 258 g/mol. The maximum absolute atomic E-state index is 12.3. The summed E-state index contributed by atoms with van der Waals surface area (Å²) in [5.41, 5.74) is 0.792. The quantitative estimate of drug-likeness (QED) is 0.803. The fraction of sp³-hybridized carbons (Fsp3) is 0.438. The highest BCUT2D eigenvalue weighted by Crippen LogP contribution is 2.51. The van der Waals surface area contributed by atoms with E-state index in [1.165, 1.54) is 19.3 Å². The largest absolute Gasteiger partial charge is 0.326 e. The second-order valence-electron chi connectivity index (χ2n) is 5.48. The van der Waals surface area contributed by atoms with Crippen LogP contribution in [0.1, 0.15) is 25.7 Å². The van der Waals surface area contributed by atoms with E-state index in [1.54, 1.807) is 6.07 Å². The van der Waals surface area contributed by atoms with Crippen molar-refractivity contribution in [3.8, 4) is 0 Å². The van der Waals surface area contributed by atoms with Gasteiger partial charge < -0.3 is 5.32 Å². The van der Waals surface area contributed by atoms with E-state index in [2.05, 4.69) is 17.5 Å². The summed E-state index contributed by atoms with van der Waals surface area (Å²) in [4.78, 5) is 12.3. The first kappa shape index (κ1) is 12.7. The highest BCUT2D eigenvalue weighted by molar-refractivity contribution is 6.30. The third-order valence-corrected chi connectivity index (χ3v) is 4.38. The number of nitrogens with one attached hydrogen (secondary N) is 1. The topological polar surface area (TPSA) is 29.1 Å². The fourth-order valence-corrected chi connectivity index (χ4v) is 3.28. The molecule has 1 amide bonds. The van der Waals surface area contributed by atoms with Crippen LogP contribution in [0.4, 0.5) is 5.69 Å². The molecule has 1 aromatic carbocycles. The number of fused-ring (bicyclic) bond motifs is 1. The van der Waals surface area contributed by atoms with Gasteiger partial charge in [0, 0.05) is 16.6 Å². The Morgan fingerprint density at radius 3 is 3.05 bits per heavy atom. The maximum Gasteiger partial charge on any atom is 0.228 e. The lowest BCUT2D eigenvalue weighted by Gasteiger charge is -2.05. The minimum Gasteiger partial charge on any atom is -0.326 e. The van der Waals surface area contributed by atoms with Gasteiger partial charge in [-0.15, -0.1) is 0 Å². The molecule has 0 saturated heterocycles. The molecule has 0 spiro atoms. The summed E-state index contributed by atoms with van der Waals surface area (Å²) in [5.74, 6) is 1.31. The molecule has 0 radical (unpaired) electrons. The van der Waals surface area contributed by atoms with Crippen molar-refractivity contribution < 1.29 is 4.79 Å². The zero-order valence-electron chi connectivity index (χ0n) is 10.8. The van der Waals surface area contributed by atoms with Crippen molar-refractivity contribution in [2.75, 3.05) is 5.32 Å². The van der Waals surface area contributed by atoms with E-state index >= 15 is 0 Å². The average Bonchev–Trinajstić information content (AvgIpc) is 3.00. The van der Waals surface area contributed by atoms with Gasteiger partial charge in [0.05, 0.1) is 0 Å². The molecule has 1 fully saturated rings. The molecule has 19 heavy (non-hydrogen) atoms. The summed E-state index contributed by atoms with van der Waals surface area (Å²) < 4.78 is 0. The van der Waals surface area contributed by atoms with E-state index in [0.29, 0.717) is 16.9 Å². The van der Waals surface area contributed by atoms with Crippen LogP contribution in [0, 0.1) is 17.8 Å². The Morgan fingerprint density at radius 2 is 2.21 bits per heavy atom. The van der Waals surface area contributed by atoms with Crippen LogP contribution < -0.4 is 5.32 Å². The first-order valence-corrected chi connectivity index (χ1v) is 7.36. The Labute approximate surface area is 118 Å². The molecule has 0 heterocycles. The molecule has 1 aromatic rings. The number of hydrogen-bond acceptors (Lipinski definition) is 1. The Morgan fingerprint density at radius 1 is 1.32 bits per heavy atom. The number of halogens is 1. The highest BCUT2D eigenvalue weighted by atomic mass is 35.5. The third-order valence-electron chi connectivity index (χ3n) is 4.14. The fourth-order valence-electron chi connectivity index (χ4n) is 3.09. The maximum atomic E-state index is 12.3. The number of benzene rings is 1. The smallest absolute Gasteiger partial charge is 0.228 e. The van der Waals surface area contributed by atoms with Gasteiger partial charge in [0.15, 0.2) is 0 Å². The molecule has 2 nitrogen and oxygen atoms in total. The Bertz CT molecular complexity index is 511. The standard InChI is InChI=1S/C16H18ClNO/c17-11-6-5-7-12(10-11)18-16(19)15-13-8-3-1-2-4-9-14(13)15/h3,5-8,10,13-15H,1-2,4,9H2,(H,18,19)/b8-3-/t13-,14+,15-/m0/s1. The van der Waals surface area contributed by atoms with Crippen LogP contribution in [-0.4, -0.2) is 5.91 Å². The van der Waals surface area contributed by atoms with Crippen molar-refractivity contribution in [3.05, 3.63) is 41.4 Å². The summed E-state index contributed by atoms with van der Waals surface area (Å²) in [5, 5.41) is 3.64. The van der Waals surface area contributed by atoms with Gasteiger partial charge in [0.1, 0.15) is 0 Å². The van der Waals surface area contributed by atoms with Crippen LogP contribution in [0.25, 0.3) is 0 Å². The summed E-state index contributed by atoms with van der Waals surface area (Å²) in [6.07, 6.45) is 9.32. The van der Waals surface area contributed by atoms with Crippen molar-refractivity contribution in [3.63, 3.8) is 0 Å². The predicted molar refractivity (Wildman–Crippen MR) is 78.2 cm³/mol. The van der Waals surface area contributed by atoms with Crippen molar-refractivity contribution in [2.45, 2.75) is 25.7 Å². The zero-order chi connectivity index (χ0) is 13.2. The number of rotatable bonds is 2. The minimum atomic E-state index is 0.142. The number of allylic oxidation sites excluding steroid dienone is 2. The summed E-state index contributed by atoms with van der Waals surface area (Å²) in [6, 6.07) is 7.34. The van der Waals surface area contributed by atoms with E-state index in [-0.39, 0.29) is 11.8 Å². The summed E-state index contributed by atoms with van der Waals surface area (Å²) in [7, 11) is 0. The number of carbonyl (C=O) groups is 1. The van der Waals surface area contributed by atoms with E-state index in [0.717, 1.165) is 12.1 Å². The first-order valence-electron chi connectivity index (χ1n) is 6.99. The van der Waals surface area contributed by atoms with E-state index in [4.69, 9.17) is 11.6 Å². The number of amides is 1. The molecular formula is C16H18ClNO. The van der Waals surface area contributed by atoms with Gasteiger partial charge in [0.25, 0.3) is 0 Å². The average molecular weight is 276 g/mol. The molecule has 2 aliphatic carbocycles. The van der Waals surface area contributed by atoms with Gasteiger partial charge in [-0.2, -0.15) is 0 Å². The van der Waals surface area contributed by atoms with Crippen LogP contribution in [0.15, 0.2) is 36.4 Å². The molecule has 1 N–H and O–H groups in total. The lowest BCUT2D eigenvalue weighted by atomic mass is 10.1. The normalized spacial score (nSPS) is 30.7. The minimum absolute atomic E-state index is 0.142. The Hall–Kier alpha value is -1.28. The van der Waals surface area contributed by atoms with E-state index < -0.39 is 0 Å². The van der Waals surface area contributed by atoms with Crippen LogP contribution in [0.3, 0.4) is 0 Å². The van der Waals surface area contributed by atoms with Gasteiger partial charge in [-0.3, -0.25) is 4.79 Å². The molecule has 0 aromatic heterocycles. The van der Waals surface area contributed by atoms with E-state index in [1.807, 2.05) is 18.2 Å². The second kappa shape index (κ2) is 5.38. The van der Waals surface area contributed by atoms with Gasteiger partial charge in [-0.1, -0.05) is 36.2 Å². The Kier molecular flexibility index (Phi) is 3.61. The van der Waals surface area contributed by atoms with Crippen molar-refractivity contribution in [1.29, 1.82) is 0 Å². The molecule has 3 atom stereocenters. The number of anilines is 1. The number of hydrogen-bond donors (Lipinski definition) is 1. The molecule has 100 valence electrons.